The van der Waals surface area contributed by atoms with Gasteiger partial charge in [0.15, 0.2) is 0 Å². The van der Waals surface area contributed by atoms with Crippen molar-refractivity contribution in [1.82, 2.24) is 28.6 Å². The molecule has 0 aliphatic carbocycles. The molecule has 0 radical (unpaired) electrons. The Kier molecular flexibility index (Phi) is 14.1. The number of hydrogen-bond acceptors (Lipinski definition) is 8. The SMILES string of the molecule is Cc1c(N(C(=O)c2cc(-c3cc4c(cc3C(=O)N3Cc5ccccc5CC3CN3CCCCC3)CN(C(=O)Cc3ccc(OCCN5CCOCC5)cc3F)CC4)n3ccccc23)c2ccccc2)cc(N)n1C. The minimum absolute atomic E-state index is 0.0731. The summed E-state index contributed by atoms with van der Waals surface area (Å²) in [5.74, 6) is -0.0485. The van der Waals surface area contributed by atoms with E-state index >= 15 is 14.0 Å². The van der Waals surface area contributed by atoms with Crippen LogP contribution in [0.2, 0.25) is 0 Å². The highest BCUT2D eigenvalue weighted by molar-refractivity contribution is 6.16. The molecule has 2 N–H and O–H groups in total. The molecule has 0 bridgehead atoms. The van der Waals surface area contributed by atoms with Crippen molar-refractivity contribution in [3.63, 3.8) is 0 Å². The molecule has 1 unspecified atom stereocenters. The zero-order valence-electron chi connectivity index (χ0n) is 42.5. The van der Waals surface area contributed by atoms with Crippen molar-refractivity contribution in [2.24, 2.45) is 7.05 Å². The van der Waals surface area contributed by atoms with Gasteiger partial charge in [0.2, 0.25) is 5.91 Å². The zero-order chi connectivity index (χ0) is 50.9. The molecule has 13 nitrogen and oxygen atoms in total. The minimum atomic E-state index is -0.480. The Labute approximate surface area is 432 Å². The molecule has 4 aromatic carbocycles. The zero-order valence-corrected chi connectivity index (χ0v) is 42.5. The number of nitrogens with two attached hydrogens (primary N) is 1. The lowest BCUT2D eigenvalue weighted by Crippen LogP contribution is -2.51. The van der Waals surface area contributed by atoms with E-state index < -0.39 is 5.82 Å². The Balaban J connectivity index is 0.953. The van der Waals surface area contributed by atoms with E-state index in [1.165, 1.54) is 18.1 Å². The van der Waals surface area contributed by atoms with Crippen molar-refractivity contribution < 1.29 is 28.2 Å². The Bertz CT molecular complexity index is 3210. The fourth-order valence-corrected chi connectivity index (χ4v) is 11.5. The molecule has 11 rings (SSSR count). The highest BCUT2D eigenvalue weighted by atomic mass is 19.1. The van der Waals surface area contributed by atoms with Crippen LogP contribution in [0, 0.1) is 12.7 Å². The fourth-order valence-electron chi connectivity index (χ4n) is 11.5. The third-order valence-electron chi connectivity index (χ3n) is 15.8. The van der Waals surface area contributed by atoms with Gasteiger partial charge in [-0.2, -0.15) is 0 Å². The third kappa shape index (κ3) is 9.93. The number of anilines is 3. The maximum absolute atomic E-state index is 15.9. The summed E-state index contributed by atoms with van der Waals surface area (Å²) in [4.78, 5) is 55.8. The Hall–Kier alpha value is -7.26. The fraction of sp³-hybridized carbons (Fsp3) is 0.350. The molecule has 2 saturated heterocycles. The number of aromatic nitrogens is 2. The van der Waals surface area contributed by atoms with E-state index in [0.717, 1.165) is 80.9 Å². The van der Waals surface area contributed by atoms with E-state index in [1.807, 2.05) is 102 Å². The second kappa shape index (κ2) is 21.3. The van der Waals surface area contributed by atoms with Crippen molar-refractivity contribution in [1.29, 1.82) is 0 Å². The number of fused-ring (bicyclic) bond motifs is 3. The summed E-state index contributed by atoms with van der Waals surface area (Å²) in [5.41, 5.74) is 16.3. The van der Waals surface area contributed by atoms with Gasteiger partial charge in [-0.1, -0.05) is 61.0 Å². The molecule has 4 aliphatic rings. The number of pyridine rings is 1. The number of nitrogen functional groups attached to an aromatic ring is 1. The summed E-state index contributed by atoms with van der Waals surface area (Å²) >= 11 is 0. The Morgan fingerprint density at radius 1 is 0.770 bits per heavy atom. The first-order valence-corrected chi connectivity index (χ1v) is 26.2. The standard InChI is InChI=1S/C60H65FN8O5/c1-41-55(37-57(62)63(41)2)69(47-15-5-3-6-16-47)60(72)52-36-56(67-23-12-9-17-54(52)67)50-32-43-20-24-66(58(70)34-44-18-19-49(35-53(44)61)74-30-27-64-25-28-73-29-26-64)38-46(43)33-51(50)59(71)68-39-45-14-8-7-13-42(45)31-48(68)40-65-21-10-4-11-22-65/h3,5-9,12-19,23,32-33,35-37,48H,4,10-11,20-22,24-31,34,38-40,62H2,1-2H3. The van der Waals surface area contributed by atoms with Crippen molar-refractivity contribution in [2.45, 2.75) is 64.6 Å². The predicted octanol–water partition coefficient (Wildman–Crippen LogP) is 8.84. The number of para-hydroxylation sites is 1. The van der Waals surface area contributed by atoms with Gasteiger partial charge < -0.3 is 38.9 Å². The first-order chi connectivity index (χ1) is 36.1. The normalized spacial score (nSPS) is 17.3. The number of amides is 3. The summed E-state index contributed by atoms with van der Waals surface area (Å²) < 4.78 is 30.9. The molecule has 3 aromatic heterocycles. The molecule has 4 aliphatic heterocycles. The largest absolute Gasteiger partial charge is 0.492 e. The van der Waals surface area contributed by atoms with Crippen molar-refractivity contribution in [2.75, 3.05) is 76.3 Å². The van der Waals surface area contributed by atoms with Crippen LogP contribution in [0.15, 0.2) is 121 Å². The summed E-state index contributed by atoms with van der Waals surface area (Å²) in [7, 11) is 1.89. The van der Waals surface area contributed by atoms with E-state index in [1.54, 1.807) is 21.9 Å². The lowest BCUT2D eigenvalue weighted by Gasteiger charge is -2.41. The number of hydrogen-bond donors (Lipinski definition) is 1. The smallest absolute Gasteiger partial charge is 0.265 e. The Morgan fingerprint density at radius 2 is 1.54 bits per heavy atom. The molecule has 7 aromatic rings. The van der Waals surface area contributed by atoms with E-state index in [0.29, 0.717) is 95.7 Å². The lowest BCUT2D eigenvalue weighted by atomic mass is 9.89. The van der Waals surface area contributed by atoms with Crippen LogP contribution in [-0.4, -0.2) is 118 Å². The highest BCUT2D eigenvalue weighted by Crippen LogP contribution is 2.39. The molecule has 2 fully saturated rings. The van der Waals surface area contributed by atoms with Gasteiger partial charge in [-0.25, -0.2) is 4.39 Å². The molecule has 14 heteroatoms. The summed E-state index contributed by atoms with van der Waals surface area (Å²) in [6, 6.07) is 36.4. The average Bonchev–Trinajstić information content (AvgIpc) is 3.94. The summed E-state index contributed by atoms with van der Waals surface area (Å²) in [6.07, 6.45) is 6.62. The minimum Gasteiger partial charge on any atom is -0.492 e. The van der Waals surface area contributed by atoms with Crippen molar-refractivity contribution in [3.05, 3.63) is 172 Å². The van der Waals surface area contributed by atoms with Crippen LogP contribution in [0.3, 0.4) is 0 Å². The monoisotopic (exact) mass is 997 g/mol. The van der Waals surface area contributed by atoms with Crippen molar-refractivity contribution in [3.8, 4) is 17.0 Å². The number of likely N-dealkylation sites (tertiary alicyclic amines) is 1. The molecule has 3 amide bonds. The molecule has 0 spiro atoms. The van der Waals surface area contributed by atoms with Crippen LogP contribution in [-0.2, 0) is 48.9 Å². The van der Waals surface area contributed by atoms with Gasteiger partial charge >= 0.3 is 0 Å². The van der Waals surface area contributed by atoms with Gasteiger partial charge in [0, 0.05) is 99.7 Å². The van der Waals surface area contributed by atoms with Crippen molar-refractivity contribution >= 4 is 40.4 Å². The van der Waals surface area contributed by atoms with Gasteiger partial charge in [-0.3, -0.25) is 24.2 Å². The van der Waals surface area contributed by atoms with Crippen LogP contribution in [0.1, 0.15) is 73.5 Å². The third-order valence-corrected chi connectivity index (χ3v) is 15.8. The van der Waals surface area contributed by atoms with Crippen LogP contribution in [0.4, 0.5) is 21.6 Å². The first-order valence-electron chi connectivity index (χ1n) is 26.2. The lowest BCUT2D eigenvalue weighted by molar-refractivity contribution is -0.131. The van der Waals surface area contributed by atoms with E-state index in [4.69, 9.17) is 15.2 Å². The van der Waals surface area contributed by atoms with Gasteiger partial charge in [0.25, 0.3) is 11.8 Å². The number of nitrogens with zero attached hydrogens (tertiary/aromatic N) is 7. The quantitative estimate of drug-likeness (QED) is 0.122. The van der Waals surface area contributed by atoms with Gasteiger partial charge in [-0.15, -0.1) is 0 Å². The second-order valence-electron chi connectivity index (χ2n) is 20.4. The molecule has 7 heterocycles. The number of ether oxygens (including phenoxy) is 2. The van der Waals surface area contributed by atoms with Gasteiger partial charge in [0.1, 0.15) is 24.0 Å². The second-order valence-corrected chi connectivity index (χ2v) is 20.4. The topological polar surface area (TPSA) is 121 Å². The number of rotatable bonds is 13. The number of morpholine rings is 1. The highest BCUT2D eigenvalue weighted by Gasteiger charge is 2.36. The van der Waals surface area contributed by atoms with Gasteiger partial charge in [0.05, 0.1) is 42.1 Å². The summed E-state index contributed by atoms with van der Waals surface area (Å²) in [5, 5.41) is 0. The van der Waals surface area contributed by atoms with E-state index in [-0.39, 0.29) is 36.7 Å². The number of benzene rings is 4. The molecule has 1 atom stereocenters. The summed E-state index contributed by atoms with van der Waals surface area (Å²) in [6.45, 7) is 10.1. The molecule has 0 saturated carbocycles. The van der Waals surface area contributed by atoms with Crippen LogP contribution >= 0.6 is 0 Å². The number of halogens is 1. The Morgan fingerprint density at radius 3 is 2.31 bits per heavy atom. The molecule has 382 valence electrons. The molecular weight excluding hydrogens is 932 g/mol. The maximum atomic E-state index is 15.9. The number of piperidine rings is 1. The number of carbonyl (C=O) groups excluding carboxylic acids is 3. The first kappa shape index (κ1) is 49.0. The van der Waals surface area contributed by atoms with Crippen LogP contribution in [0.5, 0.6) is 5.75 Å². The predicted molar refractivity (Wildman–Crippen MR) is 286 cm³/mol. The van der Waals surface area contributed by atoms with E-state index in [2.05, 4.69) is 39.0 Å². The number of carbonyl (C=O) groups is 3. The maximum Gasteiger partial charge on any atom is 0.265 e. The van der Waals surface area contributed by atoms with Gasteiger partial charge in [-0.05, 0) is 122 Å². The van der Waals surface area contributed by atoms with E-state index in [9.17, 15) is 4.79 Å². The average molecular weight is 997 g/mol. The van der Waals surface area contributed by atoms with Crippen LogP contribution < -0.4 is 15.4 Å². The molecule has 74 heavy (non-hydrogen) atoms. The molecular formula is C60H65FN8O5. The van der Waals surface area contributed by atoms with Crippen LogP contribution in [0.25, 0.3) is 16.8 Å².